The highest BCUT2D eigenvalue weighted by Crippen LogP contribution is 2.30. The van der Waals surface area contributed by atoms with Gasteiger partial charge in [0.05, 0.1) is 16.5 Å². The van der Waals surface area contributed by atoms with Crippen molar-refractivity contribution < 1.29 is 13.2 Å². The second kappa shape index (κ2) is 3.47. The lowest BCUT2D eigenvalue weighted by Crippen LogP contribution is -2.32. The van der Waals surface area contributed by atoms with Crippen molar-refractivity contribution >= 4 is 10.9 Å². The van der Waals surface area contributed by atoms with Gasteiger partial charge in [-0.2, -0.15) is 13.2 Å². The maximum absolute atomic E-state index is 12.4. The van der Waals surface area contributed by atoms with Crippen LogP contribution in [-0.2, 0) is 13.2 Å². The monoisotopic (exact) mass is 244 g/mol. The van der Waals surface area contributed by atoms with Gasteiger partial charge in [-0.1, -0.05) is 0 Å². The van der Waals surface area contributed by atoms with E-state index < -0.39 is 23.0 Å². The van der Waals surface area contributed by atoms with E-state index in [0.29, 0.717) is 0 Å². The maximum Gasteiger partial charge on any atom is 0.416 e. The summed E-state index contributed by atoms with van der Waals surface area (Å²) >= 11 is 0. The van der Waals surface area contributed by atoms with Crippen LogP contribution >= 0.6 is 0 Å². The molecule has 0 aliphatic rings. The molecule has 2 rings (SSSR count). The minimum absolute atomic E-state index is 0.0890. The van der Waals surface area contributed by atoms with Gasteiger partial charge in [0.25, 0.3) is 5.56 Å². The maximum atomic E-state index is 12.4. The predicted molar refractivity (Wildman–Crippen MR) is 54.8 cm³/mol. The zero-order chi connectivity index (χ0) is 12.8. The number of alkyl halides is 3. The molecule has 0 aliphatic heterocycles. The minimum atomic E-state index is -4.52. The number of nitrogens with zero attached hydrogens (tertiary/aromatic N) is 1. The van der Waals surface area contributed by atoms with Crippen molar-refractivity contribution in [3.63, 3.8) is 0 Å². The number of fused-ring (bicyclic) bond motifs is 1. The first-order valence-corrected chi connectivity index (χ1v) is 4.61. The van der Waals surface area contributed by atoms with E-state index in [1.54, 1.807) is 0 Å². The molecule has 1 N–H and O–H groups in total. The molecule has 4 nitrogen and oxygen atoms in total. The van der Waals surface area contributed by atoms with E-state index in [9.17, 15) is 22.8 Å². The van der Waals surface area contributed by atoms with Crippen molar-refractivity contribution in [3.8, 4) is 0 Å². The Balaban J connectivity index is 2.88. The first-order chi connectivity index (χ1) is 7.80. The fourth-order valence-electron chi connectivity index (χ4n) is 1.48. The first-order valence-electron chi connectivity index (χ1n) is 4.61. The molecular weight excluding hydrogens is 237 g/mol. The minimum Gasteiger partial charge on any atom is -0.307 e. The smallest absolute Gasteiger partial charge is 0.307 e. The van der Waals surface area contributed by atoms with E-state index in [2.05, 4.69) is 4.98 Å². The molecule has 0 saturated heterocycles. The molecule has 7 heteroatoms. The lowest BCUT2D eigenvalue weighted by atomic mass is 10.1. The van der Waals surface area contributed by atoms with E-state index >= 15 is 0 Å². The van der Waals surface area contributed by atoms with Gasteiger partial charge < -0.3 is 4.98 Å². The third kappa shape index (κ3) is 1.83. The summed E-state index contributed by atoms with van der Waals surface area (Å²) < 4.78 is 38.1. The molecular formula is C10H7F3N2O2. The van der Waals surface area contributed by atoms with Crippen LogP contribution < -0.4 is 11.2 Å². The van der Waals surface area contributed by atoms with Crippen molar-refractivity contribution in [2.45, 2.75) is 6.18 Å². The number of H-pyrrole nitrogens is 1. The normalized spacial score (nSPS) is 12.0. The Hall–Kier alpha value is -2.05. The summed E-state index contributed by atoms with van der Waals surface area (Å²) in [4.78, 5) is 25.1. The number of halogens is 3. The van der Waals surface area contributed by atoms with Crippen LogP contribution in [0, 0.1) is 0 Å². The van der Waals surface area contributed by atoms with Crippen LogP contribution in [0.15, 0.2) is 27.8 Å². The van der Waals surface area contributed by atoms with Crippen molar-refractivity contribution in [1.82, 2.24) is 9.55 Å². The van der Waals surface area contributed by atoms with Crippen LogP contribution in [0.1, 0.15) is 5.56 Å². The summed E-state index contributed by atoms with van der Waals surface area (Å²) in [6.07, 6.45) is -4.52. The molecule has 17 heavy (non-hydrogen) atoms. The number of aromatic nitrogens is 2. The van der Waals surface area contributed by atoms with E-state index in [4.69, 9.17) is 0 Å². The number of hydrogen-bond donors (Lipinski definition) is 1. The van der Waals surface area contributed by atoms with Gasteiger partial charge in [0.1, 0.15) is 0 Å². The number of benzene rings is 1. The molecule has 1 aromatic carbocycles. The van der Waals surface area contributed by atoms with Gasteiger partial charge in [0, 0.05) is 7.05 Å². The van der Waals surface area contributed by atoms with Crippen molar-refractivity contribution in [2.24, 2.45) is 7.05 Å². The Morgan fingerprint density at radius 2 is 1.88 bits per heavy atom. The highest BCUT2D eigenvalue weighted by molar-refractivity contribution is 5.78. The van der Waals surface area contributed by atoms with Crippen molar-refractivity contribution in [2.75, 3.05) is 0 Å². The second-order valence-electron chi connectivity index (χ2n) is 3.55. The number of hydrogen-bond acceptors (Lipinski definition) is 2. The Morgan fingerprint density at radius 1 is 1.24 bits per heavy atom. The zero-order valence-corrected chi connectivity index (χ0v) is 8.63. The Kier molecular flexibility index (Phi) is 2.34. The van der Waals surface area contributed by atoms with Gasteiger partial charge in [0.2, 0.25) is 0 Å². The molecule has 0 saturated carbocycles. The highest BCUT2D eigenvalue weighted by Gasteiger charge is 2.30. The van der Waals surface area contributed by atoms with Crippen LogP contribution in [-0.4, -0.2) is 9.55 Å². The van der Waals surface area contributed by atoms with Crippen LogP contribution in [0.4, 0.5) is 13.2 Å². The largest absolute Gasteiger partial charge is 0.416 e. The zero-order valence-electron chi connectivity index (χ0n) is 8.63. The quantitative estimate of drug-likeness (QED) is 0.758. The summed E-state index contributed by atoms with van der Waals surface area (Å²) in [6, 6.07) is 2.62. The predicted octanol–water partition coefficient (Wildman–Crippen LogP) is 1.25. The lowest BCUT2D eigenvalue weighted by molar-refractivity contribution is -0.137. The summed E-state index contributed by atoms with van der Waals surface area (Å²) in [5, 5.41) is -0.165. The molecule has 0 atom stereocenters. The van der Waals surface area contributed by atoms with Gasteiger partial charge in [-0.05, 0) is 18.2 Å². The molecule has 1 heterocycles. The summed E-state index contributed by atoms with van der Waals surface area (Å²) in [7, 11) is 1.20. The van der Waals surface area contributed by atoms with Gasteiger partial charge in [-0.15, -0.1) is 0 Å². The van der Waals surface area contributed by atoms with Crippen LogP contribution in [0.2, 0.25) is 0 Å². The number of rotatable bonds is 0. The summed E-state index contributed by atoms with van der Waals surface area (Å²) in [6.45, 7) is 0. The standard InChI is InChI=1S/C10H7F3N2O2/c1-15-8(16)6-4-5(10(11,12)13)2-3-7(6)14-9(15)17/h2-4H,1H3,(H,14,17). The van der Waals surface area contributed by atoms with E-state index in [1.807, 2.05) is 0 Å². The molecule has 2 aromatic rings. The lowest BCUT2D eigenvalue weighted by Gasteiger charge is -2.07. The number of aromatic amines is 1. The molecule has 0 fully saturated rings. The fraction of sp³-hybridized carbons (Fsp3) is 0.200. The van der Waals surface area contributed by atoms with Crippen LogP contribution in [0.3, 0.4) is 0 Å². The van der Waals surface area contributed by atoms with Crippen LogP contribution in [0.5, 0.6) is 0 Å². The molecule has 0 unspecified atom stereocenters. The molecule has 0 spiro atoms. The van der Waals surface area contributed by atoms with Gasteiger partial charge in [-0.25, -0.2) is 4.79 Å². The molecule has 1 aromatic heterocycles. The summed E-state index contributed by atoms with van der Waals surface area (Å²) in [5.74, 6) is 0. The first kappa shape index (κ1) is 11.4. The molecule has 0 radical (unpaired) electrons. The molecule has 0 bridgehead atoms. The topological polar surface area (TPSA) is 54.9 Å². The fourth-order valence-corrected chi connectivity index (χ4v) is 1.48. The third-order valence-electron chi connectivity index (χ3n) is 2.43. The average Bonchev–Trinajstić information content (AvgIpc) is 2.24. The van der Waals surface area contributed by atoms with Gasteiger partial charge in [0.15, 0.2) is 0 Å². The van der Waals surface area contributed by atoms with Gasteiger partial charge >= 0.3 is 11.9 Å². The Bertz CT molecular complexity index is 697. The Labute approximate surface area is 92.3 Å². The van der Waals surface area contributed by atoms with E-state index in [-0.39, 0.29) is 10.9 Å². The van der Waals surface area contributed by atoms with Crippen LogP contribution in [0.25, 0.3) is 10.9 Å². The van der Waals surface area contributed by atoms with E-state index in [1.165, 1.54) is 7.05 Å². The second-order valence-corrected chi connectivity index (χ2v) is 3.55. The van der Waals surface area contributed by atoms with Gasteiger partial charge in [-0.3, -0.25) is 9.36 Å². The highest BCUT2D eigenvalue weighted by atomic mass is 19.4. The molecule has 0 aliphatic carbocycles. The van der Waals surface area contributed by atoms with Crippen molar-refractivity contribution in [3.05, 3.63) is 44.6 Å². The Morgan fingerprint density at radius 3 is 2.47 bits per heavy atom. The average molecular weight is 244 g/mol. The third-order valence-corrected chi connectivity index (χ3v) is 2.43. The molecule has 0 amide bonds. The SMILES string of the molecule is Cn1c(=O)[nH]c2ccc(C(F)(F)F)cc2c1=O. The summed E-state index contributed by atoms with van der Waals surface area (Å²) in [5.41, 5.74) is -2.25. The number of nitrogens with one attached hydrogen (secondary N) is 1. The van der Waals surface area contributed by atoms with E-state index in [0.717, 1.165) is 22.8 Å². The molecule has 90 valence electrons. The van der Waals surface area contributed by atoms with Crippen molar-refractivity contribution in [1.29, 1.82) is 0 Å².